The van der Waals surface area contributed by atoms with E-state index in [2.05, 4.69) is 37.6 Å². The summed E-state index contributed by atoms with van der Waals surface area (Å²) >= 11 is 0. The van der Waals surface area contributed by atoms with Gasteiger partial charge in [0.1, 0.15) is 0 Å². The van der Waals surface area contributed by atoms with Crippen molar-refractivity contribution in [1.29, 1.82) is 0 Å². The van der Waals surface area contributed by atoms with Crippen molar-refractivity contribution in [3.05, 3.63) is 0 Å². The van der Waals surface area contributed by atoms with Crippen molar-refractivity contribution in [3.63, 3.8) is 0 Å². The summed E-state index contributed by atoms with van der Waals surface area (Å²) in [5.41, 5.74) is 5.92. The van der Waals surface area contributed by atoms with Crippen molar-refractivity contribution in [2.75, 3.05) is 33.2 Å². The molecule has 2 unspecified atom stereocenters. The van der Waals surface area contributed by atoms with Crippen LogP contribution in [0.5, 0.6) is 0 Å². The highest BCUT2D eigenvalue weighted by molar-refractivity contribution is 4.79. The summed E-state index contributed by atoms with van der Waals surface area (Å²) in [5, 5.41) is 0. The Kier molecular flexibility index (Phi) is 5.73. The Balaban J connectivity index is 2.30. The summed E-state index contributed by atoms with van der Waals surface area (Å²) in [6.45, 7) is 11.5. The van der Waals surface area contributed by atoms with E-state index in [9.17, 15) is 0 Å². The third-order valence-electron chi connectivity index (χ3n) is 4.10. The molecule has 0 amide bonds. The SMILES string of the molecule is CCN1CCC(N(C)CC(C)C(C)N)CC1. The molecule has 3 heteroatoms. The average Bonchev–Trinajstić information content (AvgIpc) is 2.28. The molecule has 0 bridgehead atoms. The van der Waals surface area contributed by atoms with E-state index in [1.165, 1.54) is 32.5 Å². The first kappa shape index (κ1) is 13.9. The van der Waals surface area contributed by atoms with Gasteiger partial charge in [-0.15, -0.1) is 0 Å². The van der Waals surface area contributed by atoms with Crippen LogP contribution in [0.4, 0.5) is 0 Å². The quantitative estimate of drug-likeness (QED) is 0.770. The van der Waals surface area contributed by atoms with Crippen LogP contribution < -0.4 is 5.73 Å². The van der Waals surface area contributed by atoms with Crippen LogP contribution in [0.25, 0.3) is 0 Å². The molecule has 2 atom stereocenters. The van der Waals surface area contributed by atoms with Gasteiger partial charge in [0.15, 0.2) is 0 Å². The van der Waals surface area contributed by atoms with Crippen LogP contribution in [0.1, 0.15) is 33.6 Å². The van der Waals surface area contributed by atoms with Crippen LogP contribution in [0.15, 0.2) is 0 Å². The molecule has 2 N–H and O–H groups in total. The molecule has 1 rings (SSSR count). The number of hydrogen-bond acceptors (Lipinski definition) is 3. The lowest BCUT2D eigenvalue weighted by Crippen LogP contribution is -2.45. The van der Waals surface area contributed by atoms with Crippen LogP contribution in [-0.4, -0.2) is 55.1 Å². The van der Waals surface area contributed by atoms with E-state index in [1.807, 2.05) is 0 Å². The van der Waals surface area contributed by atoms with E-state index >= 15 is 0 Å². The molecule has 1 heterocycles. The van der Waals surface area contributed by atoms with Gasteiger partial charge in [-0.2, -0.15) is 0 Å². The van der Waals surface area contributed by atoms with Crippen LogP contribution in [0.2, 0.25) is 0 Å². The van der Waals surface area contributed by atoms with Crippen LogP contribution in [-0.2, 0) is 0 Å². The second-order valence-electron chi connectivity index (χ2n) is 5.44. The largest absolute Gasteiger partial charge is 0.328 e. The first-order chi connectivity index (χ1) is 7.54. The van der Waals surface area contributed by atoms with Crippen LogP contribution >= 0.6 is 0 Å². The van der Waals surface area contributed by atoms with Gasteiger partial charge in [-0.1, -0.05) is 13.8 Å². The Morgan fingerprint density at radius 3 is 2.31 bits per heavy atom. The van der Waals surface area contributed by atoms with E-state index < -0.39 is 0 Å². The lowest BCUT2D eigenvalue weighted by atomic mass is 9.99. The van der Waals surface area contributed by atoms with Gasteiger partial charge in [-0.25, -0.2) is 0 Å². The van der Waals surface area contributed by atoms with Crippen molar-refractivity contribution in [2.24, 2.45) is 11.7 Å². The zero-order valence-electron chi connectivity index (χ0n) is 11.4. The highest BCUT2D eigenvalue weighted by Crippen LogP contribution is 2.16. The van der Waals surface area contributed by atoms with Gasteiger partial charge in [0, 0.05) is 18.6 Å². The predicted octanol–water partition coefficient (Wildman–Crippen LogP) is 1.39. The maximum Gasteiger partial charge on any atom is 0.0117 e. The molecule has 0 spiro atoms. The molecular formula is C13H29N3. The lowest BCUT2D eigenvalue weighted by Gasteiger charge is -2.37. The fourth-order valence-electron chi connectivity index (χ4n) is 2.45. The monoisotopic (exact) mass is 227 g/mol. The number of hydrogen-bond donors (Lipinski definition) is 1. The first-order valence-electron chi connectivity index (χ1n) is 6.72. The molecule has 96 valence electrons. The van der Waals surface area contributed by atoms with Crippen molar-refractivity contribution >= 4 is 0 Å². The summed E-state index contributed by atoms with van der Waals surface area (Å²) in [6.07, 6.45) is 2.63. The number of nitrogens with zero attached hydrogens (tertiary/aromatic N) is 2. The molecule has 3 nitrogen and oxygen atoms in total. The Morgan fingerprint density at radius 2 is 1.88 bits per heavy atom. The minimum atomic E-state index is 0.304. The highest BCUT2D eigenvalue weighted by Gasteiger charge is 2.23. The van der Waals surface area contributed by atoms with Gasteiger partial charge >= 0.3 is 0 Å². The minimum Gasteiger partial charge on any atom is -0.328 e. The summed E-state index contributed by atoms with van der Waals surface area (Å²) < 4.78 is 0. The fourth-order valence-corrected chi connectivity index (χ4v) is 2.45. The highest BCUT2D eigenvalue weighted by atomic mass is 15.2. The van der Waals surface area contributed by atoms with Gasteiger partial charge in [0.25, 0.3) is 0 Å². The molecule has 0 radical (unpaired) electrons. The smallest absolute Gasteiger partial charge is 0.0117 e. The number of rotatable bonds is 5. The van der Waals surface area contributed by atoms with Crippen LogP contribution in [0, 0.1) is 5.92 Å². The normalized spacial score (nSPS) is 23.6. The molecule has 16 heavy (non-hydrogen) atoms. The van der Waals surface area contributed by atoms with Gasteiger partial charge < -0.3 is 15.5 Å². The predicted molar refractivity (Wildman–Crippen MR) is 70.6 cm³/mol. The number of likely N-dealkylation sites (tertiary alicyclic amines) is 1. The van der Waals surface area contributed by atoms with Gasteiger partial charge in [-0.3, -0.25) is 0 Å². The fraction of sp³-hybridized carbons (Fsp3) is 1.00. The summed E-state index contributed by atoms with van der Waals surface area (Å²) in [5.74, 6) is 0.592. The molecule has 0 aromatic carbocycles. The van der Waals surface area contributed by atoms with Gasteiger partial charge in [0.05, 0.1) is 0 Å². The minimum absolute atomic E-state index is 0.304. The zero-order chi connectivity index (χ0) is 12.1. The first-order valence-corrected chi connectivity index (χ1v) is 6.72. The van der Waals surface area contributed by atoms with Crippen LogP contribution in [0.3, 0.4) is 0 Å². The molecule has 0 aromatic heterocycles. The third kappa shape index (κ3) is 4.04. The molecule has 0 aliphatic carbocycles. The van der Waals surface area contributed by atoms with E-state index in [0.29, 0.717) is 12.0 Å². The van der Waals surface area contributed by atoms with Crippen molar-refractivity contribution < 1.29 is 0 Å². The maximum absolute atomic E-state index is 5.92. The van der Waals surface area contributed by atoms with Crippen molar-refractivity contribution in [3.8, 4) is 0 Å². The van der Waals surface area contributed by atoms with E-state index in [-0.39, 0.29) is 0 Å². The standard InChI is InChI=1S/C13H29N3/c1-5-16-8-6-13(7-9-16)15(4)10-11(2)12(3)14/h11-13H,5-10,14H2,1-4H3. The van der Waals surface area contributed by atoms with E-state index in [0.717, 1.165) is 12.6 Å². The zero-order valence-corrected chi connectivity index (χ0v) is 11.4. The number of nitrogens with two attached hydrogens (primary N) is 1. The van der Waals surface area contributed by atoms with Crippen molar-refractivity contribution in [1.82, 2.24) is 9.80 Å². The van der Waals surface area contributed by atoms with Crippen molar-refractivity contribution in [2.45, 2.75) is 45.7 Å². The lowest BCUT2D eigenvalue weighted by molar-refractivity contribution is 0.117. The van der Waals surface area contributed by atoms with Gasteiger partial charge in [-0.05, 0) is 52.4 Å². The summed E-state index contributed by atoms with van der Waals surface area (Å²) in [4.78, 5) is 5.06. The van der Waals surface area contributed by atoms with Gasteiger partial charge in [0.2, 0.25) is 0 Å². The summed E-state index contributed by atoms with van der Waals surface area (Å²) in [6, 6.07) is 1.07. The van der Waals surface area contributed by atoms with E-state index in [4.69, 9.17) is 5.73 Å². The molecular weight excluding hydrogens is 198 g/mol. The molecule has 1 aliphatic rings. The van der Waals surface area contributed by atoms with E-state index in [1.54, 1.807) is 0 Å². The third-order valence-corrected chi connectivity index (χ3v) is 4.10. The molecule has 0 aromatic rings. The Hall–Kier alpha value is -0.120. The second kappa shape index (κ2) is 6.58. The topological polar surface area (TPSA) is 32.5 Å². The second-order valence-corrected chi connectivity index (χ2v) is 5.44. The Labute approximate surface area is 101 Å². The maximum atomic E-state index is 5.92. The molecule has 1 fully saturated rings. The Morgan fingerprint density at radius 1 is 1.31 bits per heavy atom. The average molecular weight is 227 g/mol. The Bertz CT molecular complexity index is 186. The summed E-state index contributed by atoms with van der Waals surface area (Å²) in [7, 11) is 2.26. The molecule has 0 saturated carbocycles. The molecule has 1 aliphatic heterocycles. The number of piperidine rings is 1. The molecule has 1 saturated heterocycles.